The lowest BCUT2D eigenvalue weighted by molar-refractivity contribution is 0.625. The van der Waals surface area contributed by atoms with Crippen molar-refractivity contribution in [2.75, 3.05) is 0 Å². The van der Waals surface area contributed by atoms with Crippen LogP contribution < -0.4 is 16.6 Å². The van der Waals surface area contributed by atoms with E-state index in [-0.39, 0.29) is 12.1 Å². The Morgan fingerprint density at radius 1 is 1.61 bits per heavy atom. The van der Waals surface area contributed by atoms with Crippen LogP contribution in [0.5, 0.6) is 0 Å². The van der Waals surface area contributed by atoms with Crippen molar-refractivity contribution in [2.24, 2.45) is 10.7 Å². The first-order valence-corrected chi connectivity index (χ1v) is 6.26. The number of H-pyrrole nitrogens is 1. The summed E-state index contributed by atoms with van der Waals surface area (Å²) in [5.41, 5.74) is 6.16. The summed E-state index contributed by atoms with van der Waals surface area (Å²) in [5, 5.41) is 3.18. The van der Waals surface area contributed by atoms with Gasteiger partial charge in [-0.1, -0.05) is 12.8 Å². The zero-order valence-corrected chi connectivity index (χ0v) is 10.6. The number of rotatable bonds is 3. The van der Waals surface area contributed by atoms with Crippen LogP contribution in [0.25, 0.3) is 0 Å². The molecule has 0 aromatic carbocycles. The number of nitrogens with zero attached hydrogens (tertiary/aromatic N) is 2. The number of nitrogens with two attached hydrogens (primary N) is 1. The van der Waals surface area contributed by atoms with E-state index in [9.17, 15) is 4.79 Å². The molecule has 0 unspecified atom stereocenters. The molecule has 1 aromatic rings. The fourth-order valence-electron chi connectivity index (χ4n) is 2.12. The van der Waals surface area contributed by atoms with E-state index in [1.165, 1.54) is 12.8 Å². The summed E-state index contributed by atoms with van der Waals surface area (Å²) in [6.45, 7) is 2.00. The van der Waals surface area contributed by atoms with Gasteiger partial charge in [0, 0.05) is 12.2 Å². The molecule has 1 saturated carbocycles. The molecule has 4 N–H and O–H groups in total. The van der Waals surface area contributed by atoms with Gasteiger partial charge >= 0.3 is 0 Å². The Morgan fingerprint density at radius 3 is 3.00 bits per heavy atom. The SMILES string of the molecule is Cc1ncc(CN=C(N)NC2CCCC2)c(=O)[nH]1. The molecular weight excluding hydrogens is 230 g/mol. The molecule has 6 heteroatoms. The number of nitrogens with one attached hydrogen (secondary N) is 2. The summed E-state index contributed by atoms with van der Waals surface area (Å²) in [6.07, 6.45) is 6.31. The molecule has 1 heterocycles. The lowest BCUT2D eigenvalue weighted by Crippen LogP contribution is -2.38. The number of aromatic nitrogens is 2. The van der Waals surface area contributed by atoms with E-state index < -0.39 is 0 Å². The molecule has 2 rings (SSSR count). The van der Waals surface area contributed by atoms with Gasteiger partial charge in [0.05, 0.1) is 12.1 Å². The predicted molar refractivity (Wildman–Crippen MR) is 70.3 cm³/mol. The van der Waals surface area contributed by atoms with E-state index in [0.29, 0.717) is 23.4 Å². The normalized spacial score (nSPS) is 17.1. The van der Waals surface area contributed by atoms with Gasteiger partial charge in [-0.25, -0.2) is 9.98 Å². The molecule has 18 heavy (non-hydrogen) atoms. The molecule has 1 aromatic heterocycles. The Kier molecular flexibility index (Phi) is 3.96. The highest BCUT2D eigenvalue weighted by Gasteiger charge is 2.14. The Labute approximate surface area is 106 Å². The van der Waals surface area contributed by atoms with E-state index in [2.05, 4.69) is 20.3 Å². The number of aromatic amines is 1. The quantitative estimate of drug-likeness (QED) is 0.534. The van der Waals surface area contributed by atoms with Crippen molar-refractivity contribution in [3.05, 3.63) is 27.9 Å². The van der Waals surface area contributed by atoms with Gasteiger partial charge in [0.2, 0.25) is 0 Å². The first kappa shape index (κ1) is 12.6. The fraction of sp³-hybridized carbons (Fsp3) is 0.583. The van der Waals surface area contributed by atoms with Gasteiger partial charge in [-0.15, -0.1) is 0 Å². The van der Waals surface area contributed by atoms with Crippen molar-refractivity contribution < 1.29 is 0 Å². The topological polar surface area (TPSA) is 96.2 Å². The summed E-state index contributed by atoms with van der Waals surface area (Å²) >= 11 is 0. The first-order valence-electron chi connectivity index (χ1n) is 6.26. The Bertz CT molecular complexity index is 487. The first-order chi connectivity index (χ1) is 8.65. The van der Waals surface area contributed by atoms with Crippen LogP contribution in [0.15, 0.2) is 16.0 Å². The third kappa shape index (κ3) is 3.32. The molecule has 1 aliphatic rings. The van der Waals surface area contributed by atoms with E-state index in [0.717, 1.165) is 12.8 Å². The monoisotopic (exact) mass is 249 g/mol. The van der Waals surface area contributed by atoms with Crippen molar-refractivity contribution in [3.63, 3.8) is 0 Å². The zero-order chi connectivity index (χ0) is 13.0. The second-order valence-electron chi connectivity index (χ2n) is 4.65. The minimum Gasteiger partial charge on any atom is -0.370 e. The molecule has 0 radical (unpaired) electrons. The van der Waals surface area contributed by atoms with Crippen LogP contribution in [0.2, 0.25) is 0 Å². The highest BCUT2D eigenvalue weighted by atomic mass is 16.1. The van der Waals surface area contributed by atoms with Gasteiger partial charge in [-0.2, -0.15) is 0 Å². The Hall–Kier alpha value is -1.85. The lowest BCUT2D eigenvalue weighted by Gasteiger charge is -2.11. The highest BCUT2D eigenvalue weighted by Crippen LogP contribution is 2.17. The number of aliphatic imine (C=N–C) groups is 1. The third-order valence-corrected chi connectivity index (χ3v) is 3.13. The van der Waals surface area contributed by atoms with Gasteiger partial charge in [0.25, 0.3) is 5.56 Å². The van der Waals surface area contributed by atoms with Crippen LogP contribution in [0, 0.1) is 6.92 Å². The Balaban J connectivity index is 1.94. The van der Waals surface area contributed by atoms with Gasteiger partial charge in [-0.3, -0.25) is 4.79 Å². The van der Waals surface area contributed by atoms with Crippen LogP contribution in [0.1, 0.15) is 37.1 Å². The largest absolute Gasteiger partial charge is 0.370 e. The number of hydrogen-bond acceptors (Lipinski definition) is 3. The number of hydrogen-bond donors (Lipinski definition) is 3. The molecule has 0 amide bonds. The van der Waals surface area contributed by atoms with Gasteiger partial charge in [-0.05, 0) is 19.8 Å². The summed E-state index contributed by atoms with van der Waals surface area (Å²) < 4.78 is 0. The van der Waals surface area contributed by atoms with Crippen LogP contribution >= 0.6 is 0 Å². The van der Waals surface area contributed by atoms with Crippen molar-refractivity contribution in [2.45, 2.75) is 45.2 Å². The maximum absolute atomic E-state index is 11.6. The van der Waals surface area contributed by atoms with E-state index in [4.69, 9.17) is 5.73 Å². The van der Waals surface area contributed by atoms with Crippen LogP contribution in [-0.2, 0) is 6.54 Å². The van der Waals surface area contributed by atoms with Crippen molar-refractivity contribution in [3.8, 4) is 0 Å². The smallest absolute Gasteiger partial charge is 0.255 e. The molecule has 1 aliphatic carbocycles. The molecule has 1 fully saturated rings. The minimum absolute atomic E-state index is 0.153. The molecule has 6 nitrogen and oxygen atoms in total. The van der Waals surface area contributed by atoms with Gasteiger partial charge < -0.3 is 16.0 Å². The molecule has 0 atom stereocenters. The molecule has 98 valence electrons. The predicted octanol–water partition coefficient (Wildman–Crippen LogP) is 0.425. The molecule has 0 saturated heterocycles. The average Bonchev–Trinajstić information content (AvgIpc) is 2.80. The summed E-state index contributed by atoms with van der Waals surface area (Å²) in [6, 6.07) is 0.433. The van der Waals surface area contributed by atoms with Crippen molar-refractivity contribution in [1.29, 1.82) is 0 Å². The second kappa shape index (κ2) is 5.66. The molecular formula is C12H19N5O. The van der Waals surface area contributed by atoms with Crippen LogP contribution in [0.4, 0.5) is 0 Å². The zero-order valence-electron chi connectivity index (χ0n) is 10.6. The minimum atomic E-state index is -0.153. The highest BCUT2D eigenvalue weighted by molar-refractivity contribution is 5.78. The van der Waals surface area contributed by atoms with E-state index >= 15 is 0 Å². The number of aryl methyl sites for hydroxylation is 1. The van der Waals surface area contributed by atoms with Gasteiger partial charge in [0.1, 0.15) is 5.82 Å². The summed E-state index contributed by atoms with van der Waals surface area (Å²) in [7, 11) is 0. The van der Waals surface area contributed by atoms with Crippen LogP contribution in [0.3, 0.4) is 0 Å². The molecule has 0 bridgehead atoms. The average molecular weight is 249 g/mol. The van der Waals surface area contributed by atoms with Gasteiger partial charge in [0.15, 0.2) is 5.96 Å². The van der Waals surface area contributed by atoms with Crippen LogP contribution in [-0.4, -0.2) is 22.0 Å². The lowest BCUT2D eigenvalue weighted by atomic mass is 10.2. The van der Waals surface area contributed by atoms with E-state index in [1.54, 1.807) is 13.1 Å². The standard InChI is InChI=1S/C12H19N5O/c1-8-14-6-9(11(18)16-8)7-15-12(13)17-10-4-2-3-5-10/h6,10H,2-5,7H2,1H3,(H3,13,15,17)(H,14,16,18). The maximum atomic E-state index is 11.6. The summed E-state index contributed by atoms with van der Waals surface area (Å²) in [5.74, 6) is 1.01. The van der Waals surface area contributed by atoms with Crippen molar-refractivity contribution >= 4 is 5.96 Å². The second-order valence-corrected chi connectivity index (χ2v) is 4.65. The fourth-order valence-corrected chi connectivity index (χ4v) is 2.12. The summed E-state index contributed by atoms with van der Waals surface area (Å²) in [4.78, 5) is 22.4. The Morgan fingerprint density at radius 2 is 2.33 bits per heavy atom. The third-order valence-electron chi connectivity index (χ3n) is 3.13. The molecule has 0 spiro atoms. The maximum Gasteiger partial charge on any atom is 0.255 e. The van der Waals surface area contributed by atoms with E-state index in [1.807, 2.05) is 0 Å². The number of guanidine groups is 1. The molecule has 0 aliphatic heterocycles. The van der Waals surface area contributed by atoms with Crippen molar-refractivity contribution in [1.82, 2.24) is 15.3 Å².